The number of hydrogen-bond donors (Lipinski definition) is 1. The quantitative estimate of drug-likeness (QED) is 0.728. The van der Waals surface area contributed by atoms with E-state index in [1.54, 1.807) is 0 Å². The summed E-state index contributed by atoms with van der Waals surface area (Å²) in [7, 11) is 0. The average Bonchev–Trinajstić information content (AvgIpc) is 2.47. The topological polar surface area (TPSA) is 48.0 Å². The van der Waals surface area contributed by atoms with Gasteiger partial charge in [-0.1, -0.05) is 36.4 Å². The van der Waals surface area contributed by atoms with Crippen molar-refractivity contribution in [2.24, 2.45) is 5.73 Å². The van der Waals surface area contributed by atoms with E-state index in [0.717, 1.165) is 28.1 Å². The lowest BCUT2D eigenvalue weighted by Gasteiger charge is -2.12. The van der Waals surface area contributed by atoms with E-state index in [9.17, 15) is 4.79 Å². The van der Waals surface area contributed by atoms with Crippen molar-refractivity contribution in [3.8, 4) is 0 Å². The average molecular weight is 252 g/mol. The minimum absolute atomic E-state index is 0.0720. The van der Waals surface area contributed by atoms with E-state index >= 15 is 0 Å². The number of hydrogen-bond acceptors (Lipinski definition) is 2. The Kier molecular flexibility index (Phi) is 3.05. The first-order valence-corrected chi connectivity index (χ1v) is 6.53. The van der Waals surface area contributed by atoms with Gasteiger partial charge in [-0.2, -0.15) is 0 Å². The molecule has 0 saturated heterocycles. The Balaban J connectivity index is 2.44. The Morgan fingerprint density at radius 2 is 1.53 bits per heavy atom. The molecular formula is C16H16N2O. The maximum atomic E-state index is 12.6. The smallest absolute Gasteiger partial charge is 0.258 e. The highest BCUT2D eigenvalue weighted by atomic mass is 16.1. The van der Waals surface area contributed by atoms with E-state index in [1.165, 1.54) is 0 Å². The van der Waals surface area contributed by atoms with Crippen LogP contribution >= 0.6 is 0 Å². The monoisotopic (exact) mass is 252 g/mol. The van der Waals surface area contributed by atoms with Crippen molar-refractivity contribution in [3.05, 3.63) is 58.9 Å². The summed E-state index contributed by atoms with van der Waals surface area (Å²) < 4.78 is 1.84. The molecule has 0 bridgehead atoms. The largest absolute Gasteiger partial charge is 0.330 e. The first-order chi connectivity index (χ1) is 9.33. The normalized spacial score (nSPS) is 11.2. The summed E-state index contributed by atoms with van der Waals surface area (Å²) in [4.78, 5) is 12.6. The third-order valence-electron chi connectivity index (χ3n) is 3.47. The van der Waals surface area contributed by atoms with Crippen LogP contribution in [0.15, 0.2) is 53.3 Å². The fourth-order valence-electron chi connectivity index (χ4n) is 2.57. The standard InChI is InChI=1S/C16H16N2O/c17-10-5-11-18-15-9-4-3-7-13(15)12-6-1-2-8-14(12)16(18)19/h1-4,6-9H,5,10-11,17H2. The minimum Gasteiger partial charge on any atom is -0.330 e. The molecule has 2 N–H and O–H groups in total. The SMILES string of the molecule is NCCCn1c(=O)c2ccccc2c2ccccc21. The molecule has 1 heterocycles. The van der Waals surface area contributed by atoms with Gasteiger partial charge in [0.05, 0.1) is 5.52 Å². The highest BCUT2D eigenvalue weighted by Gasteiger charge is 2.09. The van der Waals surface area contributed by atoms with Crippen molar-refractivity contribution in [2.45, 2.75) is 13.0 Å². The summed E-state index contributed by atoms with van der Waals surface area (Å²) in [5, 5.41) is 2.92. The third-order valence-corrected chi connectivity index (χ3v) is 3.47. The van der Waals surface area contributed by atoms with Crippen LogP contribution in [-0.4, -0.2) is 11.1 Å². The highest BCUT2D eigenvalue weighted by molar-refractivity contribution is 6.05. The van der Waals surface area contributed by atoms with Gasteiger partial charge in [-0.3, -0.25) is 4.79 Å². The lowest BCUT2D eigenvalue weighted by atomic mass is 10.1. The van der Waals surface area contributed by atoms with Gasteiger partial charge in [-0.05, 0) is 30.5 Å². The Morgan fingerprint density at radius 3 is 2.26 bits per heavy atom. The summed E-state index contributed by atoms with van der Waals surface area (Å²) in [6, 6.07) is 15.8. The first kappa shape index (κ1) is 11.9. The molecule has 1 aromatic heterocycles. The van der Waals surface area contributed by atoms with Crippen LogP contribution in [0.5, 0.6) is 0 Å². The van der Waals surface area contributed by atoms with Crippen molar-refractivity contribution in [1.29, 1.82) is 0 Å². The lowest BCUT2D eigenvalue weighted by molar-refractivity contribution is 0.654. The number of fused-ring (bicyclic) bond motifs is 3. The molecule has 96 valence electrons. The Morgan fingerprint density at radius 1 is 0.895 bits per heavy atom. The van der Waals surface area contributed by atoms with Gasteiger partial charge < -0.3 is 10.3 Å². The van der Waals surface area contributed by atoms with Gasteiger partial charge in [0.25, 0.3) is 5.56 Å². The van der Waals surface area contributed by atoms with Crippen LogP contribution < -0.4 is 11.3 Å². The zero-order valence-electron chi connectivity index (χ0n) is 10.7. The van der Waals surface area contributed by atoms with Crippen molar-refractivity contribution in [2.75, 3.05) is 6.54 Å². The summed E-state index contributed by atoms with van der Waals surface area (Å²) in [6.45, 7) is 1.26. The van der Waals surface area contributed by atoms with Crippen LogP contribution in [-0.2, 0) is 6.54 Å². The molecule has 0 aliphatic rings. The first-order valence-electron chi connectivity index (χ1n) is 6.53. The van der Waals surface area contributed by atoms with Gasteiger partial charge in [0.2, 0.25) is 0 Å². The van der Waals surface area contributed by atoms with Gasteiger partial charge >= 0.3 is 0 Å². The summed E-state index contributed by atoms with van der Waals surface area (Å²) in [5.74, 6) is 0. The number of aryl methyl sites for hydroxylation is 1. The maximum absolute atomic E-state index is 12.6. The van der Waals surface area contributed by atoms with Gasteiger partial charge in [0.1, 0.15) is 0 Å². The zero-order valence-corrected chi connectivity index (χ0v) is 10.7. The molecule has 3 nitrogen and oxygen atoms in total. The van der Waals surface area contributed by atoms with Gasteiger partial charge in [0, 0.05) is 17.3 Å². The van der Waals surface area contributed by atoms with Crippen LogP contribution in [0.4, 0.5) is 0 Å². The van der Waals surface area contributed by atoms with Crippen LogP contribution in [0, 0.1) is 0 Å². The number of nitrogens with zero attached hydrogens (tertiary/aromatic N) is 1. The molecule has 19 heavy (non-hydrogen) atoms. The molecule has 0 aliphatic carbocycles. The Hall–Kier alpha value is -2.13. The van der Waals surface area contributed by atoms with E-state index < -0.39 is 0 Å². The van der Waals surface area contributed by atoms with Crippen LogP contribution in [0.25, 0.3) is 21.7 Å². The fourth-order valence-corrected chi connectivity index (χ4v) is 2.57. The molecule has 0 fully saturated rings. The molecule has 0 saturated carbocycles. The zero-order chi connectivity index (χ0) is 13.2. The van der Waals surface area contributed by atoms with E-state index in [1.807, 2.05) is 47.0 Å². The van der Waals surface area contributed by atoms with Crippen molar-refractivity contribution >= 4 is 21.7 Å². The fraction of sp³-hybridized carbons (Fsp3) is 0.188. The second kappa shape index (κ2) is 4.86. The summed E-state index contributed by atoms with van der Waals surface area (Å²) in [5.41, 5.74) is 6.63. The molecule has 0 spiro atoms. The summed E-state index contributed by atoms with van der Waals surface area (Å²) >= 11 is 0. The summed E-state index contributed by atoms with van der Waals surface area (Å²) in [6.07, 6.45) is 0.808. The van der Waals surface area contributed by atoms with E-state index in [2.05, 4.69) is 6.07 Å². The minimum atomic E-state index is 0.0720. The maximum Gasteiger partial charge on any atom is 0.258 e. The Labute approximate surface area is 111 Å². The Bertz CT molecular complexity index is 789. The highest BCUT2D eigenvalue weighted by Crippen LogP contribution is 2.22. The number of pyridine rings is 1. The molecule has 3 heteroatoms. The second-order valence-corrected chi connectivity index (χ2v) is 4.66. The second-order valence-electron chi connectivity index (χ2n) is 4.66. The van der Waals surface area contributed by atoms with Crippen LogP contribution in [0.3, 0.4) is 0 Å². The predicted molar refractivity (Wildman–Crippen MR) is 79.4 cm³/mol. The van der Waals surface area contributed by atoms with Gasteiger partial charge in [0.15, 0.2) is 0 Å². The van der Waals surface area contributed by atoms with Crippen molar-refractivity contribution in [1.82, 2.24) is 4.57 Å². The van der Waals surface area contributed by atoms with Crippen molar-refractivity contribution < 1.29 is 0 Å². The molecule has 2 aromatic carbocycles. The van der Waals surface area contributed by atoms with Crippen molar-refractivity contribution in [3.63, 3.8) is 0 Å². The molecule has 0 unspecified atom stereocenters. The van der Waals surface area contributed by atoms with Crippen LogP contribution in [0.1, 0.15) is 6.42 Å². The molecule has 0 amide bonds. The van der Waals surface area contributed by atoms with E-state index in [4.69, 9.17) is 5.73 Å². The number of aromatic nitrogens is 1. The predicted octanol–water partition coefficient (Wildman–Crippen LogP) is 2.50. The number of para-hydroxylation sites is 1. The molecular weight excluding hydrogens is 236 g/mol. The lowest BCUT2D eigenvalue weighted by Crippen LogP contribution is -2.22. The molecule has 0 aliphatic heterocycles. The van der Waals surface area contributed by atoms with E-state index in [0.29, 0.717) is 13.1 Å². The van der Waals surface area contributed by atoms with Gasteiger partial charge in [-0.15, -0.1) is 0 Å². The number of benzene rings is 2. The molecule has 0 radical (unpaired) electrons. The third kappa shape index (κ3) is 1.92. The molecule has 3 rings (SSSR count). The van der Waals surface area contributed by atoms with Crippen LogP contribution in [0.2, 0.25) is 0 Å². The number of rotatable bonds is 3. The van der Waals surface area contributed by atoms with Gasteiger partial charge in [-0.25, -0.2) is 0 Å². The number of nitrogens with two attached hydrogens (primary N) is 1. The molecule has 0 atom stereocenters. The molecule has 3 aromatic rings. The van der Waals surface area contributed by atoms with E-state index in [-0.39, 0.29) is 5.56 Å².